The molecule has 2 heterocycles. The van der Waals surface area contributed by atoms with Gasteiger partial charge in [-0.25, -0.2) is 4.79 Å². The van der Waals surface area contributed by atoms with Gasteiger partial charge in [0.25, 0.3) is 5.91 Å². The Kier molecular flexibility index (Phi) is 4.64. The number of hydrogen-bond donors (Lipinski definition) is 2. The maximum absolute atomic E-state index is 12.5. The van der Waals surface area contributed by atoms with Crippen molar-refractivity contribution < 1.29 is 23.8 Å². The number of thioether (sulfide) groups is 1. The Morgan fingerprint density at radius 1 is 1.19 bits per heavy atom. The maximum Gasteiger partial charge on any atom is 0.500 e. The Hall–Kier alpha value is -2.94. The minimum atomic E-state index is -0.626. The molecule has 26 heavy (non-hydrogen) atoms. The number of amides is 5. The van der Waals surface area contributed by atoms with E-state index in [1.807, 2.05) is 0 Å². The topological polar surface area (TPSA) is 98.6 Å². The Morgan fingerprint density at radius 3 is 2.50 bits per heavy atom. The van der Waals surface area contributed by atoms with Crippen molar-refractivity contribution in [2.24, 2.45) is 5.92 Å². The van der Waals surface area contributed by atoms with E-state index in [2.05, 4.69) is 10.6 Å². The van der Waals surface area contributed by atoms with Crippen molar-refractivity contribution in [2.75, 3.05) is 24.7 Å². The van der Waals surface area contributed by atoms with E-state index in [0.717, 1.165) is 16.7 Å². The normalized spacial score (nSPS) is 19.3. The van der Waals surface area contributed by atoms with Crippen LogP contribution in [0, 0.1) is 5.92 Å². The van der Waals surface area contributed by atoms with Gasteiger partial charge in [-0.3, -0.25) is 9.59 Å². The minimum Gasteiger partial charge on any atom is -0.326 e. The number of imide groups is 1. The molecule has 0 fully saturated rings. The fourth-order valence-electron chi connectivity index (χ4n) is 2.70. The van der Waals surface area contributed by atoms with Gasteiger partial charge in [0.05, 0.1) is 19.0 Å². The predicted molar refractivity (Wildman–Crippen MR) is 97.9 cm³/mol. The third kappa shape index (κ3) is 3.25. The zero-order chi connectivity index (χ0) is 19.0. The third-order valence-corrected chi connectivity index (χ3v) is 5.24. The molecule has 8 nitrogen and oxygen atoms in total. The van der Waals surface area contributed by atoms with Gasteiger partial charge in [0, 0.05) is 18.3 Å². The number of nitrogens with one attached hydrogen (secondary N) is 2. The highest BCUT2D eigenvalue weighted by Crippen LogP contribution is 2.35. The molecule has 2 N–H and O–H groups in total. The molecule has 0 spiro atoms. The molecule has 1 aromatic rings. The molecule has 2 aliphatic heterocycles. The smallest absolute Gasteiger partial charge is 0.326 e. The monoisotopic (exact) mass is 373 g/mol. The van der Waals surface area contributed by atoms with Crippen molar-refractivity contribution in [1.29, 1.82) is 0 Å². The Labute approximate surface area is 153 Å². The molecular weight excluding hydrogens is 356 g/mol. The van der Waals surface area contributed by atoms with Gasteiger partial charge in [0.2, 0.25) is 5.91 Å². The molecule has 5 amide bonds. The van der Waals surface area contributed by atoms with E-state index in [0.29, 0.717) is 21.3 Å². The second-order valence-electron chi connectivity index (χ2n) is 5.90. The first kappa shape index (κ1) is 17.9. The molecule has 2 aliphatic rings. The molecule has 0 radical (unpaired) electrons. The molecule has 0 bridgehead atoms. The van der Waals surface area contributed by atoms with Gasteiger partial charge >= 0.3 is 11.9 Å². The van der Waals surface area contributed by atoms with Crippen molar-refractivity contribution in [2.45, 2.75) is 6.92 Å². The number of nitrogens with zero attached hydrogens (tertiary/aromatic N) is 2. The molecule has 3 rings (SSSR count). The van der Waals surface area contributed by atoms with E-state index in [9.17, 15) is 19.2 Å². The lowest BCUT2D eigenvalue weighted by molar-refractivity contribution is -0.403. The largest absolute Gasteiger partial charge is 0.500 e. The summed E-state index contributed by atoms with van der Waals surface area (Å²) < 4.78 is 1.38. The Morgan fingerprint density at radius 2 is 1.85 bits per heavy atom. The molecule has 0 saturated heterocycles. The summed E-state index contributed by atoms with van der Waals surface area (Å²) in [5.74, 6) is -1.57. The van der Waals surface area contributed by atoms with Crippen LogP contribution in [-0.2, 0) is 14.4 Å². The van der Waals surface area contributed by atoms with Crippen LogP contribution in [0.15, 0.2) is 35.2 Å². The van der Waals surface area contributed by atoms with Gasteiger partial charge in [-0.2, -0.15) is 14.3 Å². The summed E-state index contributed by atoms with van der Waals surface area (Å²) >= 11 is 1.11. The van der Waals surface area contributed by atoms with E-state index in [1.54, 1.807) is 37.4 Å². The van der Waals surface area contributed by atoms with Crippen molar-refractivity contribution in [1.82, 2.24) is 4.90 Å². The Bertz CT molecular complexity index is 906. The summed E-state index contributed by atoms with van der Waals surface area (Å²) in [5.41, 5.74) is 1.07. The van der Waals surface area contributed by atoms with E-state index >= 15 is 0 Å². The summed E-state index contributed by atoms with van der Waals surface area (Å²) in [5, 5.41) is 5.90. The quantitative estimate of drug-likeness (QED) is 0.782. The molecule has 134 valence electrons. The molecular formula is C17H17N4O4S+. The van der Waals surface area contributed by atoms with Crippen molar-refractivity contribution in [3.63, 3.8) is 0 Å². The van der Waals surface area contributed by atoms with Crippen LogP contribution in [0.4, 0.5) is 16.2 Å². The van der Waals surface area contributed by atoms with Gasteiger partial charge in [-0.1, -0.05) is 6.07 Å². The maximum atomic E-state index is 12.5. The predicted octanol–water partition coefficient (Wildman–Crippen LogP) is 1.46. The Balaban J connectivity index is 1.79. The summed E-state index contributed by atoms with van der Waals surface area (Å²) in [4.78, 5) is 49.3. The molecule has 0 aliphatic carbocycles. The molecule has 9 heteroatoms. The zero-order valence-corrected chi connectivity index (χ0v) is 15.2. The third-order valence-electron chi connectivity index (χ3n) is 3.96. The van der Waals surface area contributed by atoms with Crippen LogP contribution >= 0.6 is 11.8 Å². The highest BCUT2D eigenvalue weighted by atomic mass is 32.2. The van der Waals surface area contributed by atoms with Gasteiger partial charge in [0.15, 0.2) is 5.04 Å². The van der Waals surface area contributed by atoms with Crippen LogP contribution in [-0.4, -0.2) is 52.4 Å². The molecule has 1 aromatic carbocycles. The van der Waals surface area contributed by atoms with Crippen LogP contribution in [0.2, 0.25) is 0 Å². The standard InChI is InChI=1S/C17H16N4O4S/c1-9(22)18-10-5-4-6-11(7-10)19-14(23)13-8-12-15(24)20(2)17(25)21(3)16(12)26-13/h4-8,12H,1-3H3,(H-,18,19,22,23)/p+1. The molecule has 1 atom stereocenters. The van der Waals surface area contributed by atoms with Crippen LogP contribution < -0.4 is 10.6 Å². The first-order valence-corrected chi connectivity index (χ1v) is 8.60. The number of hydrogen-bond acceptors (Lipinski definition) is 5. The van der Waals surface area contributed by atoms with Crippen molar-refractivity contribution in [3.8, 4) is 0 Å². The number of rotatable bonds is 3. The van der Waals surface area contributed by atoms with Gasteiger partial charge in [-0.05, 0) is 36.0 Å². The van der Waals surface area contributed by atoms with Crippen molar-refractivity contribution >= 4 is 51.9 Å². The van der Waals surface area contributed by atoms with Crippen LogP contribution in [0.3, 0.4) is 0 Å². The van der Waals surface area contributed by atoms with E-state index in [-0.39, 0.29) is 17.7 Å². The highest BCUT2D eigenvalue weighted by Gasteiger charge is 2.48. The fraction of sp³-hybridized carbons (Fsp3) is 0.235. The zero-order valence-electron chi connectivity index (χ0n) is 14.4. The second-order valence-corrected chi connectivity index (χ2v) is 6.97. The first-order valence-electron chi connectivity index (χ1n) is 7.78. The summed E-state index contributed by atoms with van der Waals surface area (Å²) in [6.45, 7) is 1.40. The number of benzene rings is 1. The van der Waals surface area contributed by atoms with Crippen LogP contribution in [0.25, 0.3) is 0 Å². The highest BCUT2D eigenvalue weighted by molar-refractivity contribution is 8.18. The molecule has 0 aromatic heterocycles. The lowest BCUT2D eigenvalue weighted by Crippen LogP contribution is -2.49. The number of carbonyl (C=O) groups is 4. The summed E-state index contributed by atoms with van der Waals surface area (Å²) in [6, 6.07) is 6.31. The van der Waals surface area contributed by atoms with Gasteiger partial charge < -0.3 is 10.6 Å². The number of anilines is 2. The molecule has 0 saturated carbocycles. The average molecular weight is 373 g/mol. The fourth-order valence-corrected chi connectivity index (χ4v) is 3.79. The number of urea groups is 1. The first-order chi connectivity index (χ1) is 12.3. The van der Waals surface area contributed by atoms with Crippen LogP contribution in [0.5, 0.6) is 0 Å². The number of carbonyl (C=O) groups excluding carboxylic acids is 4. The van der Waals surface area contributed by atoms with Gasteiger partial charge in [-0.15, -0.1) is 0 Å². The van der Waals surface area contributed by atoms with E-state index in [4.69, 9.17) is 0 Å². The number of fused-ring (bicyclic) bond motifs is 1. The lowest BCUT2D eigenvalue weighted by atomic mass is 10.1. The lowest BCUT2D eigenvalue weighted by Gasteiger charge is -2.18. The summed E-state index contributed by atoms with van der Waals surface area (Å²) in [7, 11) is 2.99. The minimum absolute atomic E-state index is 0.210. The van der Waals surface area contributed by atoms with E-state index < -0.39 is 11.9 Å². The second kappa shape index (κ2) is 6.75. The average Bonchev–Trinajstić information content (AvgIpc) is 3.03. The van der Waals surface area contributed by atoms with Crippen LogP contribution in [0.1, 0.15) is 6.92 Å². The molecule has 1 unspecified atom stereocenters. The van der Waals surface area contributed by atoms with Crippen molar-refractivity contribution in [3.05, 3.63) is 35.2 Å². The van der Waals surface area contributed by atoms with Gasteiger partial charge in [0.1, 0.15) is 5.92 Å². The van der Waals surface area contributed by atoms with E-state index in [1.165, 1.54) is 18.5 Å². The SMILES string of the molecule is CC(=O)Nc1cccc(NC(=O)C2=CC3C(=O)N(C)C(=O)[N+](C)=C3S2)c1. The summed E-state index contributed by atoms with van der Waals surface area (Å²) in [6.07, 6.45) is 1.56.